The summed E-state index contributed by atoms with van der Waals surface area (Å²) >= 11 is 12.8. The lowest BCUT2D eigenvalue weighted by atomic mass is 9.94. The van der Waals surface area contributed by atoms with Crippen molar-refractivity contribution in [1.29, 1.82) is 0 Å². The fourth-order valence-electron chi connectivity index (χ4n) is 4.44. The van der Waals surface area contributed by atoms with Crippen LogP contribution >= 0.6 is 23.2 Å². The Bertz CT molecular complexity index is 1440. The van der Waals surface area contributed by atoms with Crippen LogP contribution < -0.4 is 23.8 Å². The summed E-state index contributed by atoms with van der Waals surface area (Å²) in [5.41, 5.74) is 0.841. The molecule has 3 aromatic carbocycles. The van der Waals surface area contributed by atoms with E-state index in [1.807, 2.05) is 6.92 Å². The first-order chi connectivity index (χ1) is 18.8. The maximum absolute atomic E-state index is 13.6. The van der Waals surface area contributed by atoms with Crippen LogP contribution in [0.1, 0.15) is 30.5 Å². The average Bonchev–Trinajstić information content (AvgIpc) is 3.21. The highest BCUT2D eigenvalue weighted by Crippen LogP contribution is 2.48. The molecule has 0 spiro atoms. The summed E-state index contributed by atoms with van der Waals surface area (Å²) in [6, 6.07) is 14.1. The van der Waals surface area contributed by atoms with Gasteiger partial charge in [-0.05, 0) is 54.4 Å². The maximum Gasteiger partial charge on any atom is 0.300 e. The van der Waals surface area contributed by atoms with Crippen LogP contribution in [0.2, 0.25) is 10.0 Å². The number of rotatable bonds is 9. The van der Waals surface area contributed by atoms with E-state index in [-0.39, 0.29) is 32.7 Å². The average molecular weight is 572 g/mol. The lowest BCUT2D eigenvalue weighted by Crippen LogP contribution is -2.29. The summed E-state index contributed by atoms with van der Waals surface area (Å²) in [4.78, 5) is 28.4. The predicted octanol–water partition coefficient (Wildman–Crippen LogP) is 6.43. The number of aliphatic hydroxyl groups excluding tert-OH is 1. The van der Waals surface area contributed by atoms with Gasteiger partial charge in [0.2, 0.25) is 0 Å². The zero-order chi connectivity index (χ0) is 28.3. The standard InChI is InChI=1S/C29H27Cl2NO7/c1-5-13-39-19-8-6-7-16(14-19)24-22(25(33)20-15-21(30)28(38-4)23(31)27(20)37-3)26(34)29(35)32(24)17-9-11-18(36-2)12-10-17/h6-12,14-15,24,33H,5,13H2,1-4H3/b25-22+. The number of methoxy groups -OCH3 is 3. The molecule has 39 heavy (non-hydrogen) atoms. The van der Waals surface area contributed by atoms with E-state index in [1.54, 1.807) is 48.5 Å². The summed E-state index contributed by atoms with van der Waals surface area (Å²) < 4.78 is 21.7. The summed E-state index contributed by atoms with van der Waals surface area (Å²) in [6.07, 6.45) is 0.799. The number of carbonyl (C=O) groups is 2. The van der Waals surface area contributed by atoms with Gasteiger partial charge in [-0.15, -0.1) is 0 Å². The minimum Gasteiger partial charge on any atom is -0.507 e. The van der Waals surface area contributed by atoms with Crippen LogP contribution in [-0.2, 0) is 9.59 Å². The second kappa shape index (κ2) is 11.9. The molecular weight excluding hydrogens is 545 g/mol. The Balaban J connectivity index is 1.98. The van der Waals surface area contributed by atoms with E-state index in [4.69, 9.17) is 42.1 Å². The molecule has 1 atom stereocenters. The molecule has 1 unspecified atom stereocenters. The second-order valence-electron chi connectivity index (χ2n) is 8.57. The van der Waals surface area contributed by atoms with Crippen LogP contribution in [-0.4, -0.2) is 44.7 Å². The molecule has 1 aliphatic rings. The third-order valence-corrected chi connectivity index (χ3v) is 6.86. The Kier molecular flexibility index (Phi) is 8.57. The molecule has 1 amide bonds. The SMILES string of the molecule is CCCOc1cccc(C2/C(=C(\O)c3cc(Cl)c(OC)c(Cl)c3OC)C(=O)C(=O)N2c2ccc(OC)cc2)c1. The van der Waals surface area contributed by atoms with Crippen molar-refractivity contribution < 1.29 is 33.6 Å². The molecule has 204 valence electrons. The molecule has 0 radical (unpaired) electrons. The molecule has 0 aliphatic carbocycles. The van der Waals surface area contributed by atoms with Gasteiger partial charge in [-0.1, -0.05) is 42.3 Å². The Labute approximate surface area is 236 Å². The van der Waals surface area contributed by atoms with Gasteiger partial charge in [0, 0.05) is 5.69 Å². The van der Waals surface area contributed by atoms with Crippen molar-refractivity contribution in [2.75, 3.05) is 32.8 Å². The third-order valence-electron chi connectivity index (χ3n) is 6.24. The van der Waals surface area contributed by atoms with Crippen LogP contribution in [0.5, 0.6) is 23.0 Å². The number of nitrogens with zero attached hydrogens (tertiary/aromatic N) is 1. The molecule has 0 saturated carbocycles. The Morgan fingerprint density at radius 1 is 0.923 bits per heavy atom. The lowest BCUT2D eigenvalue weighted by molar-refractivity contribution is -0.132. The van der Waals surface area contributed by atoms with Crippen LogP contribution in [0.3, 0.4) is 0 Å². The van der Waals surface area contributed by atoms with Crippen LogP contribution in [0.4, 0.5) is 5.69 Å². The molecule has 0 bridgehead atoms. The van der Waals surface area contributed by atoms with Crippen molar-refractivity contribution in [3.05, 3.63) is 81.3 Å². The molecule has 1 N–H and O–H groups in total. The fourth-order valence-corrected chi connectivity index (χ4v) is 5.13. The Morgan fingerprint density at radius 3 is 2.23 bits per heavy atom. The molecule has 4 rings (SSSR count). The molecule has 1 saturated heterocycles. The Morgan fingerprint density at radius 2 is 1.62 bits per heavy atom. The van der Waals surface area contributed by atoms with Gasteiger partial charge in [-0.25, -0.2) is 0 Å². The van der Waals surface area contributed by atoms with Gasteiger partial charge in [-0.2, -0.15) is 0 Å². The number of benzene rings is 3. The summed E-state index contributed by atoms with van der Waals surface area (Å²) in [7, 11) is 4.27. The first-order valence-corrected chi connectivity index (χ1v) is 12.8. The number of halogens is 2. The van der Waals surface area contributed by atoms with Gasteiger partial charge >= 0.3 is 0 Å². The predicted molar refractivity (Wildman–Crippen MR) is 150 cm³/mol. The molecule has 8 nitrogen and oxygen atoms in total. The summed E-state index contributed by atoms with van der Waals surface area (Å²) in [6.45, 7) is 2.48. The highest BCUT2D eigenvalue weighted by Gasteiger charge is 2.47. The molecule has 10 heteroatoms. The van der Waals surface area contributed by atoms with E-state index in [0.29, 0.717) is 29.4 Å². The minimum absolute atomic E-state index is 0.00458. The number of amides is 1. The number of hydrogen-bond donors (Lipinski definition) is 1. The smallest absolute Gasteiger partial charge is 0.300 e. The monoisotopic (exact) mass is 571 g/mol. The number of aliphatic hydroxyl groups is 1. The van der Waals surface area contributed by atoms with E-state index in [2.05, 4.69) is 0 Å². The largest absolute Gasteiger partial charge is 0.507 e. The van der Waals surface area contributed by atoms with Gasteiger partial charge in [0.15, 0.2) is 11.5 Å². The van der Waals surface area contributed by atoms with Crippen molar-refractivity contribution in [3.8, 4) is 23.0 Å². The number of carbonyl (C=O) groups excluding carboxylic acids is 2. The van der Waals surface area contributed by atoms with Gasteiger partial charge in [0.1, 0.15) is 22.3 Å². The van der Waals surface area contributed by atoms with E-state index in [1.165, 1.54) is 32.3 Å². The zero-order valence-electron chi connectivity index (χ0n) is 21.8. The first-order valence-electron chi connectivity index (χ1n) is 12.0. The van der Waals surface area contributed by atoms with Crippen LogP contribution in [0.15, 0.2) is 60.2 Å². The van der Waals surface area contributed by atoms with Crippen molar-refractivity contribution >= 4 is 46.3 Å². The zero-order valence-corrected chi connectivity index (χ0v) is 23.3. The number of anilines is 1. The quantitative estimate of drug-likeness (QED) is 0.179. The van der Waals surface area contributed by atoms with Gasteiger partial charge < -0.3 is 24.1 Å². The third kappa shape index (κ3) is 5.22. The second-order valence-corrected chi connectivity index (χ2v) is 9.36. The van der Waals surface area contributed by atoms with Crippen molar-refractivity contribution in [1.82, 2.24) is 0 Å². The van der Waals surface area contributed by atoms with Gasteiger partial charge in [-0.3, -0.25) is 14.5 Å². The number of hydrogen-bond acceptors (Lipinski definition) is 7. The van der Waals surface area contributed by atoms with Crippen molar-refractivity contribution in [2.45, 2.75) is 19.4 Å². The van der Waals surface area contributed by atoms with E-state index >= 15 is 0 Å². The fraction of sp³-hybridized carbons (Fsp3) is 0.241. The highest BCUT2D eigenvalue weighted by atomic mass is 35.5. The molecule has 1 fully saturated rings. The molecule has 0 aromatic heterocycles. The van der Waals surface area contributed by atoms with Crippen molar-refractivity contribution in [2.24, 2.45) is 0 Å². The minimum atomic E-state index is -1.01. The number of Topliss-reactive ketones (excluding diaryl/α,β-unsaturated/α-hetero) is 1. The normalized spacial score (nSPS) is 16.4. The maximum atomic E-state index is 13.6. The van der Waals surface area contributed by atoms with E-state index in [0.717, 1.165) is 6.42 Å². The van der Waals surface area contributed by atoms with Crippen LogP contribution in [0.25, 0.3) is 5.76 Å². The number of ketones is 1. The van der Waals surface area contributed by atoms with Crippen LogP contribution in [0, 0.1) is 0 Å². The van der Waals surface area contributed by atoms with E-state index in [9.17, 15) is 14.7 Å². The molecule has 1 aliphatic heterocycles. The van der Waals surface area contributed by atoms with Gasteiger partial charge in [0.25, 0.3) is 11.7 Å². The van der Waals surface area contributed by atoms with E-state index < -0.39 is 23.5 Å². The summed E-state index contributed by atoms with van der Waals surface area (Å²) in [5, 5.41) is 11.7. The van der Waals surface area contributed by atoms with Crippen molar-refractivity contribution in [3.63, 3.8) is 0 Å². The summed E-state index contributed by atoms with van der Waals surface area (Å²) in [5.74, 6) is -0.906. The lowest BCUT2D eigenvalue weighted by Gasteiger charge is -2.26. The molecule has 3 aromatic rings. The first kappa shape index (κ1) is 28.1. The Hall–Kier alpha value is -3.88. The number of ether oxygens (including phenoxy) is 4. The molecular formula is C29H27Cl2NO7. The highest BCUT2D eigenvalue weighted by molar-refractivity contribution is 6.52. The van der Waals surface area contributed by atoms with Gasteiger partial charge in [0.05, 0.1) is 50.1 Å². The topological polar surface area (TPSA) is 94.5 Å². The molecule has 1 heterocycles.